The third-order valence-electron chi connectivity index (χ3n) is 5.20. The van der Waals surface area contributed by atoms with E-state index in [0.717, 1.165) is 23.4 Å². The first-order valence-corrected chi connectivity index (χ1v) is 8.14. The van der Waals surface area contributed by atoms with Crippen molar-refractivity contribution in [3.8, 4) is 5.75 Å². The zero-order valence-electron chi connectivity index (χ0n) is 14.1. The maximum Gasteiger partial charge on any atom is 0.416 e. The van der Waals surface area contributed by atoms with Crippen molar-refractivity contribution in [3.63, 3.8) is 0 Å². The molecule has 0 saturated heterocycles. The molecule has 0 amide bonds. The second kappa shape index (κ2) is 5.37. The van der Waals surface area contributed by atoms with Gasteiger partial charge in [-0.3, -0.25) is 4.79 Å². The smallest absolute Gasteiger partial charge is 0.416 e. The number of fused-ring (bicyclic) bond motifs is 3. The van der Waals surface area contributed by atoms with Crippen molar-refractivity contribution in [3.05, 3.63) is 65.2 Å². The highest BCUT2D eigenvalue weighted by Crippen LogP contribution is 2.54. The lowest BCUT2D eigenvalue weighted by atomic mass is 9.80. The number of hydrogen-bond acceptors (Lipinski definition) is 3. The molecule has 26 heavy (non-hydrogen) atoms. The van der Waals surface area contributed by atoms with Gasteiger partial charge < -0.3 is 10.1 Å². The van der Waals surface area contributed by atoms with Crippen LogP contribution in [-0.4, -0.2) is 18.4 Å². The number of ketones is 1. The molecule has 2 aromatic rings. The predicted octanol–water partition coefficient (Wildman–Crippen LogP) is 4.65. The Kier molecular flexibility index (Phi) is 3.45. The van der Waals surface area contributed by atoms with Gasteiger partial charge in [-0.15, -0.1) is 0 Å². The Morgan fingerprint density at radius 1 is 1.12 bits per heavy atom. The van der Waals surface area contributed by atoms with Crippen molar-refractivity contribution < 1.29 is 22.7 Å². The largest absolute Gasteiger partial charge is 0.497 e. The third kappa shape index (κ3) is 2.32. The highest BCUT2D eigenvalue weighted by molar-refractivity contribution is 6.14. The van der Waals surface area contributed by atoms with E-state index in [0.29, 0.717) is 16.9 Å². The van der Waals surface area contributed by atoms with Gasteiger partial charge >= 0.3 is 6.18 Å². The van der Waals surface area contributed by atoms with Crippen molar-refractivity contribution in [2.45, 2.75) is 24.6 Å². The summed E-state index contributed by atoms with van der Waals surface area (Å²) >= 11 is 0. The number of methoxy groups -OCH3 is 1. The van der Waals surface area contributed by atoms with Gasteiger partial charge in [-0.2, -0.15) is 13.2 Å². The van der Waals surface area contributed by atoms with Crippen molar-refractivity contribution in [2.24, 2.45) is 0 Å². The summed E-state index contributed by atoms with van der Waals surface area (Å²) in [5.74, 6) is 0.297. The molecule has 0 unspecified atom stereocenters. The molecular weight excluding hydrogens is 343 g/mol. The number of benzene rings is 2. The fourth-order valence-corrected chi connectivity index (χ4v) is 3.84. The second-order valence-corrected chi connectivity index (χ2v) is 6.75. The summed E-state index contributed by atoms with van der Waals surface area (Å²) in [7, 11) is 1.57. The van der Waals surface area contributed by atoms with Gasteiger partial charge in [0.2, 0.25) is 0 Å². The van der Waals surface area contributed by atoms with E-state index in [1.807, 2.05) is 25.1 Å². The Balaban J connectivity index is 1.80. The molecule has 0 saturated carbocycles. The molecule has 1 N–H and O–H groups in total. The minimum atomic E-state index is -4.39. The molecule has 2 aromatic carbocycles. The van der Waals surface area contributed by atoms with Crippen LogP contribution in [-0.2, 0) is 11.0 Å². The molecule has 6 heteroatoms. The molecule has 2 aliphatic rings. The molecule has 0 bridgehead atoms. The van der Waals surface area contributed by atoms with Crippen LogP contribution in [0.5, 0.6) is 5.75 Å². The van der Waals surface area contributed by atoms with Crippen molar-refractivity contribution in [1.29, 1.82) is 0 Å². The Morgan fingerprint density at radius 2 is 1.81 bits per heavy atom. The van der Waals surface area contributed by atoms with Crippen LogP contribution in [0, 0.1) is 0 Å². The molecule has 0 fully saturated rings. The monoisotopic (exact) mass is 359 g/mol. The van der Waals surface area contributed by atoms with Crippen LogP contribution in [0.2, 0.25) is 0 Å². The van der Waals surface area contributed by atoms with Gasteiger partial charge in [-0.25, -0.2) is 0 Å². The van der Waals surface area contributed by atoms with E-state index in [9.17, 15) is 18.0 Å². The van der Waals surface area contributed by atoms with Crippen LogP contribution in [0.25, 0.3) is 5.57 Å². The summed E-state index contributed by atoms with van der Waals surface area (Å²) < 4.78 is 43.8. The minimum Gasteiger partial charge on any atom is -0.497 e. The van der Waals surface area contributed by atoms with E-state index < -0.39 is 17.3 Å². The standard InChI is InChI=1S/C20H16F3NO2/c1-19-17(25)10-14(11-3-5-12(6-4-11)20(21,22)23)18(19)15-9-13(26-2)7-8-16(15)24-19/h3-10,18,24H,1-2H3/t18-,19-/m0/s1. The van der Waals surface area contributed by atoms with E-state index in [1.165, 1.54) is 18.2 Å². The summed E-state index contributed by atoms with van der Waals surface area (Å²) in [5, 5.41) is 3.27. The number of carbonyl (C=O) groups excluding carboxylic acids is 1. The van der Waals surface area contributed by atoms with Crippen LogP contribution in [0.4, 0.5) is 18.9 Å². The lowest BCUT2D eigenvalue weighted by Crippen LogP contribution is -2.40. The Hall–Kier alpha value is -2.76. The van der Waals surface area contributed by atoms with Crippen molar-refractivity contribution >= 4 is 17.0 Å². The maximum absolute atomic E-state index is 12.8. The van der Waals surface area contributed by atoms with Crippen LogP contribution >= 0.6 is 0 Å². The van der Waals surface area contributed by atoms with E-state index in [1.54, 1.807) is 7.11 Å². The van der Waals surface area contributed by atoms with Gasteiger partial charge in [0, 0.05) is 11.6 Å². The summed E-state index contributed by atoms with van der Waals surface area (Å²) in [6.07, 6.45) is -2.86. The SMILES string of the molecule is COc1ccc2c(c1)[C@@H]1C(c3ccc(C(F)(F)F)cc3)=CC(=O)[C@]1(C)N2. The first-order valence-electron chi connectivity index (χ1n) is 8.14. The molecule has 1 heterocycles. The Morgan fingerprint density at radius 3 is 2.42 bits per heavy atom. The van der Waals surface area contributed by atoms with E-state index in [-0.39, 0.29) is 11.7 Å². The number of ether oxygens (including phenoxy) is 1. The van der Waals surface area contributed by atoms with Crippen LogP contribution in [0.3, 0.4) is 0 Å². The van der Waals surface area contributed by atoms with Crippen LogP contribution < -0.4 is 10.1 Å². The lowest BCUT2D eigenvalue weighted by molar-refractivity contribution is -0.137. The zero-order valence-corrected chi connectivity index (χ0v) is 14.1. The van der Waals surface area contributed by atoms with Crippen LogP contribution in [0.15, 0.2) is 48.5 Å². The zero-order chi connectivity index (χ0) is 18.7. The molecule has 1 aliphatic carbocycles. The lowest BCUT2D eigenvalue weighted by Gasteiger charge is -2.25. The highest BCUT2D eigenvalue weighted by Gasteiger charge is 2.53. The molecule has 3 nitrogen and oxygen atoms in total. The highest BCUT2D eigenvalue weighted by atomic mass is 19.4. The number of halogens is 3. The number of hydrogen-bond donors (Lipinski definition) is 1. The van der Waals surface area contributed by atoms with Gasteiger partial charge in [0.15, 0.2) is 5.78 Å². The molecule has 4 rings (SSSR count). The molecule has 0 aromatic heterocycles. The summed E-state index contributed by atoms with van der Waals surface area (Å²) in [4.78, 5) is 12.7. The molecular formula is C20H16F3NO2. The molecule has 0 spiro atoms. The van der Waals surface area contributed by atoms with E-state index in [4.69, 9.17) is 4.74 Å². The number of carbonyl (C=O) groups is 1. The molecule has 134 valence electrons. The van der Waals surface area contributed by atoms with E-state index in [2.05, 4.69) is 5.32 Å². The predicted molar refractivity (Wildman–Crippen MR) is 92.2 cm³/mol. The molecule has 1 aliphatic heterocycles. The summed E-state index contributed by atoms with van der Waals surface area (Å²) in [5.41, 5.74) is 1.52. The Labute approximate surface area is 148 Å². The number of nitrogens with one attached hydrogen (secondary N) is 1. The summed E-state index contributed by atoms with van der Waals surface area (Å²) in [6, 6.07) is 10.5. The number of alkyl halides is 3. The summed E-state index contributed by atoms with van der Waals surface area (Å²) in [6.45, 7) is 1.82. The Bertz CT molecular complexity index is 931. The second-order valence-electron chi connectivity index (χ2n) is 6.75. The van der Waals surface area contributed by atoms with Crippen molar-refractivity contribution in [2.75, 3.05) is 12.4 Å². The van der Waals surface area contributed by atoms with Gasteiger partial charge in [0.05, 0.1) is 12.7 Å². The molecule has 0 radical (unpaired) electrons. The number of rotatable bonds is 2. The van der Waals surface area contributed by atoms with Gasteiger partial charge in [-0.05, 0) is 60.0 Å². The third-order valence-corrected chi connectivity index (χ3v) is 5.20. The maximum atomic E-state index is 12.8. The van der Waals surface area contributed by atoms with Crippen LogP contribution in [0.1, 0.15) is 29.5 Å². The first kappa shape index (κ1) is 16.7. The average molecular weight is 359 g/mol. The fourth-order valence-electron chi connectivity index (χ4n) is 3.84. The number of anilines is 1. The topological polar surface area (TPSA) is 38.3 Å². The first-order chi connectivity index (χ1) is 12.2. The van der Waals surface area contributed by atoms with Gasteiger partial charge in [0.1, 0.15) is 11.3 Å². The average Bonchev–Trinajstić information content (AvgIpc) is 3.04. The molecule has 2 atom stereocenters. The minimum absolute atomic E-state index is 0.0902. The van der Waals surface area contributed by atoms with E-state index >= 15 is 0 Å². The normalized spacial score (nSPS) is 24.0. The van der Waals surface area contributed by atoms with Gasteiger partial charge in [-0.1, -0.05) is 12.1 Å². The van der Waals surface area contributed by atoms with Crippen molar-refractivity contribution in [1.82, 2.24) is 0 Å². The fraction of sp³-hybridized carbons (Fsp3) is 0.250. The quantitative estimate of drug-likeness (QED) is 0.848. The van der Waals surface area contributed by atoms with Gasteiger partial charge in [0.25, 0.3) is 0 Å².